The molecule has 84 valence electrons. The lowest BCUT2D eigenvalue weighted by Gasteiger charge is -2.31. The zero-order valence-electron chi connectivity index (χ0n) is 8.63. The van der Waals surface area contributed by atoms with Gasteiger partial charge in [0, 0.05) is 6.54 Å². The molecule has 0 aromatic heterocycles. The first kappa shape index (κ1) is 11.9. The molecule has 1 rings (SSSR count). The Bertz CT molecular complexity index is 166. The first-order valence-corrected chi connectivity index (χ1v) is 5.24. The minimum Gasteiger partial charge on any atom is -0.393 e. The van der Waals surface area contributed by atoms with Crippen LogP contribution in [0.15, 0.2) is 0 Å². The predicted octanol–water partition coefficient (Wildman–Crippen LogP) is 1.73. The van der Waals surface area contributed by atoms with Gasteiger partial charge in [0.2, 0.25) is 0 Å². The maximum atomic E-state index is 12.0. The Morgan fingerprint density at radius 3 is 2.57 bits per heavy atom. The standard InChI is InChI=1S/C10H19F2NO/c1-13(7-10(11)12)6-8-4-2-3-5-9(8)14/h8-10,14H,2-7H2,1H3. The average Bonchev–Trinajstić information content (AvgIpc) is 2.07. The average molecular weight is 207 g/mol. The second-order valence-corrected chi connectivity index (χ2v) is 4.22. The van der Waals surface area contributed by atoms with Crippen LogP contribution in [0.3, 0.4) is 0 Å². The number of hydrogen-bond acceptors (Lipinski definition) is 2. The first-order valence-electron chi connectivity index (χ1n) is 5.24. The van der Waals surface area contributed by atoms with Crippen molar-refractivity contribution in [3.05, 3.63) is 0 Å². The van der Waals surface area contributed by atoms with Crippen molar-refractivity contribution in [2.24, 2.45) is 5.92 Å². The predicted molar refractivity (Wildman–Crippen MR) is 51.5 cm³/mol. The first-order chi connectivity index (χ1) is 6.59. The van der Waals surface area contributed by atoms with Gasteiger partial charge in [0.1, 0.15) is 0 Å². The molecule has 0 radical (unpaired) electrons. The molecule has 1 aliphatic rings. The second kappa shape index (κ2) is 5.61. The molecule has 2 atom stereocenters. The van der Waals surface area contributed by atoms with Gasteiger partial charge in [-0.25, -0.2) is 8.78 Å². The van der Waals surface area contributed by atoms with E-state index in [4.69, 9.17) is 0 Å². The Morgan fingerprint density at radius 2 is 2.00 bits per heavy atom. The zero-order valence-corrected chi connectivity index (χ0v) is 8.63. The van der Waals surface area contributed by atoms with Gasteiger partial charge in [-0.2, -0.15) is 0 Å². The molecular formula is C10H19F2NO. The highest BCUT2D eigenvalue weighted by Crippen LogP contribution is 2.24. The molecule has 4 heteroatoms. The third-order valence-electron chi connectivity index (χ3n) is 2.86. The number of aliphatic hydroxyl groups is 1. The Kier molecular flexibility index (Phi) is 4.75. The summed E-state index contributed by atoms with van der Waals surface area (Å²) in [4.78, 5) is 1.61. The Morgan fingerprint density at radius 1 is 1.36 bits per heavy atom. The van der Waals surface area contributed by atoms with Gasteiger partial charge in [-0.3, -0.25) is 0 Å². The summed E-state index contributed by atoms with van der Waals surface area (Å²) in [6, 6.07) is 0. The molecular weight excluding hydrogens is 188 g/mol. The highest BCUT2D eigenvalue weighted by molar-refractivity contribution is 4.76. The summed E-state index contributed by atoms with van der Waals surface area (Å²) >= 11 is 0. The van der Waals surface area contributed by atoms with Gasteiger partial charge in [0.15, 0.2) is 0 Å². The lowest BCUT2D eigenvalue weighted by Crippen LogP contribution is -2.36. The molecule has 1 N–H and O–H groups in total. The molecule has 1 fully saturated rings. The maximum absolute atomic E-state index is 12.0. The van der Waals surface area contributed by atoms with E-state index < -0.39 is 6.43 Å². The van der Waals surface area contributed by atoms with Crippen LogP contribution in [0.1, 0.15) is 25.7 Å². The van der Waals surface area contributed by atoms with Crippen LogP contribution in [-0.2, 0) is 0 Å². The van der Waals surface area contributed by atoms with Crippen LogP contribution in [-0.4, -0.2) is 42.7 Å². The van der Waals surface area contributed by atoms with Crippen LogP contribution in [0.25, 0.3) is 0 Å². The molecule has 0 bridgehead atoms. The largest absolute Gasteiger partial charge is 0.393 e. The summed E-state index contributed by atoms with van der Waals surface area (Å²) in [6.45, 7) is 0.398. The molecule has 1 saturated carbocycles. The second-order valence-electron chi connectivity index (χ2n) is 4.22. The van der Waals surface area contributed by atoms with E-state index in [0.717, 1.165) is 25.7 Å². The molecule has 2 unspecified atom stereocenters. The molecule has 0 spiro atoms. The number of rotatable bonds is 4. The van der Waals surface area contributed by atoms with Crippen molar-refractivity contribution in [1.82, 2.24) is 4.90 Å². The summed E-state index contributed by atoms with van der Waals surface area (Å²) in [6.07, 6.45) is 1.41. The van der Waals surface area contributed by atoms with E-state index in [2.05, 4.69) is 0 Å². The van der Waals surface area contributed by atoms with Crippen LogP contribution >= 0.6 is 0 Å². The molecule has 0 heterocycles. The molecule has 2 nitrogen and oxygen atoms in total. The summed E-state index contributed by atoms with van der Waals surface area (Å²) in [5, 5.41) is 9.64. The van der Waals surface area contributed by atoms with E-state index in [0.29, 0.717) is 6.54 Å². The van der Waals surface area contributed by atoms with Crippen LogP contribution in [0.4, 0.5) is 8.78 Å². The van der Waals surface area contributed by atoms with Crippen LogP contribution < -0.4 is 0 Å². The third-order valence-corrected chi connectivity index (χ3v) is 2.86. The van der Waals surface area contributed by atoms with Crippen molar-refractivity contribution >= 4 is 0 Å². The normalized spacial score (nSPS) is 28.7. The summed E-state index contributed by atoms with van der Waals surface area (Å²) in [5.41, 5.74) is 0. The summed E-state index contributed by atoms with van der Waals surface area (Å²) < 4.78 is 24.1. The summed E-state index contributed by atoms with van der Waals surface area (Å²) in [7, 11) is 1.69. The van der Waals surface area contributed by atoms with Crippen molar-refractivity contribution in [1.29, 1.82) is 0 Å². The fourth-order valence-corrected chi connectivity index (χ4v) is 2.11. The van der Waals surface area contributed by atoms with Crippen molar-refractivity contribution in [2.75, 3.05) is 20.1 Å². The van der Waals surface area contributed by atoms with Crippen molar-refractivity contribution in [3.8, 4) is 0 Å². The van der Waals surface area contributed by atoms with Crippen LogP contribution in [0, 0.1) is 5.92 Å². The molecule has 14 heavy (non-hydrogen) atoms. The van der Waals surface area contributed by atoms with Gasteiger partial charge in [-0.15, -0.1) is 0 Å². The fraction of sp³-hybridized carbons (Fsp3) is 1.00. The lowest BCUT2D eigenvalue weighted by atomic mass is 9.86. The SMILES string of the molecule is CN(CC(F)F)CC1CCCCC1O. The Balaban J connectivity index is 2.27. The van der Waals surface area contributed by atoms with E-state index in [9.17, 15) is 13.9 Å². The number of halogens is 2. The van der Waals surface area contributed by atoms with E-state index in [1.54, 1.807) is 11.9 Å². The van der Waals surface area contributed by atoms with Gasteiger partial charge in [0.05, 0.1) is 12.6 Å². The Labute approximate surface area is 83.9 Å². The van der Waals surface area contributed by atoms with Crippen molar-refractivity contribution < 1.29 is 13.9 Å². The third kappa shape index (κ3) is 3.88. The van der Waals surface area contributed by atoms with Crippen LogP contribution in [0.2, 0.25) is 0 Å². The topological polar surface area (TPSA) is 23.5 Å². The zero-order chi connectivity index (χ0) is 10.6. The van der Waals surface area contributed by atoms with Gasteiger partial charge in [-0.1, -0.05) is 12.8 Å². The number of nitrogens with zero attached hydrogens (tertiary/aromatic N) is 1. The van der Waals surface area contributed by atoms with Gasteiger partial charge < -0.3 is 10.0 Å². The minimum absolute atomic E-state index is 0.187. The highest BCUT2D eigenvalue weighted by atomic mass is 19.3. The van der Waals surface area contributed by atoms with Crippen molar-refractivity contribution in [3.63, 3.8) is 0 Å². The van der Waals surface area contributed by atoms with E-state index in [1.807, 2.05) is 0 Å². The molecule has 0 aromatic rings. The Hall–Kier alpha value is -0.220. The monoisotopic (exact) mass is 207 g/mol. The van der Waals surface area contributed by atoms with E-state index in [1.165, 1.54) is 0 Å². The quantitative estimate of drug-likeness (QED) is 0.759. The van der Waals surface area contributed by atoms with Crippen LogP contribution in [0.5, 0.6) is 0 Å². The van der Waals surface area contributed by atoms with Gasteiger partial charge >= 0.3 is 0 Å². The highest BCUT2D eigenvalue weighted by Gasteiger charge is 2.24. The molecule has 0 saturated heterocycles. The number of alkyl halides is 2. The summed E-state index contributed by atoms with van der Waals surface area (Å²) in [5.74, 6) is 0.187. The number of aliphatic hydroxyl groups excluding tert-OH is 1. The molecule has 0 aliphatic heterocycles. The molecule has 0 aromatic carbocycles. The van der Waals surface area contributed by atoms with E-state index >= 15 is 0 Å². The minimum atomic E-state index is -2.28. The van der Waals surface area contributed by atoms with Gasteiger partial charge in [-0.05, 0) is 25.8 Å². The fourth-order valence-electron chi connectivity index (χ4n) is 2.11. The van der Waals surface area contributed by atoms with Crippen molar-refractivity contribution in [2.45, 2.75) is 38.2 Å². The maximum Gasteiger partial charge on any atom is 0.251 e. The molecule has 0 amide bonds. The molecule has 1 aliphatic carbocycles. The smallest absolute Gasteiger partial charge is 0.251 e. The number of hydrogen-bond donors (Lipinski definition) is 1. The van der Waals surface area contributed by atoms with Gasteiger partial charge in [0.25, 0.3) is 6.43 Å². The lowest BCUT2D eigenvalue weighted by molar-refractivity contribution is 0.0346. The van der Waals surface area contributed by atoms with E-state index in [-0.39, 0.29) is 18.6 Å².